The third-order valence-electron chi connectivity index (χ3n) is 7.34. The molecule has 1 unspecified atom stereocenters. The lowest BCUT2D eigenvalue weighted by Gasteiger charge is -2.40. The van der Waals surface area contributed by atoms with E-state index in [9.17, 15) is 4.79 Å². The number of aryl methyl sites for hydroxylation is 1. The van der Waals surface area contributed by atoms with E-state index in [0.29, 0.717) is 11.4 Å². The van der Waals surface area contributed by atoms with Gasteiger partial charge in [-0.1, -0.05) is 49.1 Å². The summed E-state index contributed by atoms with van der Waals surface area (Å²) in [6.07, 6.45) is 8.17. The van der Waals surface area contributed by atoms with E-state index in [1.165, 1.54) is 0 Å². The molecular weight excluding hydrogens is 410 g/mol. The molecule has 3 aliphatic rings. The van der Waals surface area contributed by atoms with Crippen LogP contribution >= 0.6 is 0 Å². The smallest absolute Gasteiger partial charge is 0.241 e. The molecule has 4 heterocycles. The Morgan fingerprint density at radius 3 is 2.24 bits per heavy atom. The summed E-state index contributed by atoms with van der Waals surface area (Å²) >= 11 is 0. The SMILES string of the molecule is Cc1ccc(N2C(=O)C3(CCCCC3)C3(c4ccccn4)N=NC(c4ccccn4)=C23)cc1. The highest BCUT2D eigenvalue weighted by Gasteiger charge is 2.71. The summed E-state index contributed by atoms with van der Waals surface area (Å²) in [5.74, 6) is 0.0961. The normalized spacial score (nSPS) is 23.4. The molecule has 1 amide bonds. The summed E-state index contributed by atoms with van der Waals surface area (Å²) in [4.78, 5) is 25.7. The molecule has 0 radical (unpaired) electrons. The van der Waals surface area contributed by atoms with Crippen LogP contribution in [0.15, 0.2) is 89.0 Å². The van der Waals surface area contributed by atoms with Crippen molar-refractivity contribution < 1.29 is 4.79 Å². The van der Waals surface area contributed by atoms with Crippen LogP contribution in [-0.2, 0) is 10.3 Å². The number of benzene rings is 1. The van der Waals surface area contributed by atoms with E-state index in [1.807, 2.05) is 65.6 Å². The topological polar surface area (TPSA) is 70.8 Å². The Bertz CT molecular complexity index is 1260. The number of pyridine rings is 2. The number of hydrogen-bond acceptors (Lipinski definition) is 5. The number of rotatable bonds is 3. The number of azo groups is 1. The summed E-state index contributed by atoms with van der Waals surface area (Å²) in [5, 5.41) is 9.69. The van der Waals surface area contributed by atoms with Crippen LogP contribution in [0.2, 0.25) is 0 Å². The zero-order chi connectivity index (χ0) is 22.5. The van der Waals surface area contributed by atoms with Gasteiger partial charge in [-0.3, -0.25) is 19.7 Å². The fourth-order valence-corrected chi connectivity index (χ4v) is 5.79. The molecule has 1 atom stereocenters. The van der Waals surface area contributed by atoms with Gasteiger partial charge in [-0.05, 0) is 56.2 Å². The van der Waals surface area contributed by atoms with Gasteiger partial charge in [0.2, 0.25) is 5.91 Å². The van der Waals surface area contributed by atoms with E-state index in [0.717, 1.165) is 54.7 Å². The average molecular weight is 436 g/mol. The van der Waals surface area contributed by atoms with Crippen molar-refractivity contribution in [2.24, 2.45) is 15.6 Å². The molecule has 0 bridgehead atoms. The van der Waals surface area contributed by atoms with Crippen molar-refractivity contribution in [3.05, 3.63) is 95.7 Å². The minimum Gasteiger partial charge on any atom is -0.279 e. The van der Waals surface area contributed by atoms with Crippen molar-refractivity contribution in [2.75, 3.05) is 4.90 Å². The number of anilines is 1. The van der Waals surface area contributed by atoms with Gasteiger partial charge >= 0.3 is 0 Å². The number of hydrogen-bond donors (Lipinski definition) is 0. The zero-order valence-corrected chi connectivity index (χ0v) is 18.6. The molecule has 2 aliphatic heterocycles. The molecule has 1 saturated carbocycles. The Balaban J connectivity index is 1.69. The van der Waals surface area contributed by atoms with E-state index >= 15 is 0 Å². The van der Waals surface area contributed by atoms with Crippen molar-refractivity contribution in [3.8, 4) is 0 Å². The number of aromatic nitrogens is 2. The molecule has 1 saturated heterocycles. The molecule has 2 aromatic heterocycles. The van der Waals surface area contributed by atoms with E-state index in [4.69, 9.17) is 15.2 Å². The standard InChI is InChI=1S/C27H25N5O/c1-19-11-13-20(14-12-19)32-24-23(21-9-3-7-17-28-21)30-31-27(24,22-10-4-8-18-29-22)26(25(32)33)15-5-2-6-16-26/h3-4,7-14,17-18H,2,5-6,15-16H2,1H3. The maximum Gasteiger partial charge on any atom is 0.241 e. The molecule has 6 nitrogen and oxygen atoms in total. The highest BCUT2D eigenvalue weighted by molar-refractivity contribution is 6.09. The van der Waals surface area contributed by atoms with Crippen molar-refractivity contribution in [1.82, 2.24) is 9.97 Å². The van der Waals surface area contributed by atoms with Crippen molar-refractivity contribution >= 4 is 17.3 Å². The van der Waals surface area contributed by atoms with Crippen LogP contribution in [0.25, 0.3) is 5.70 Å². The molecule has 33 heavy (non-hydrogen) atoms. The van der Waals surface area contributed by atoms with Gasteiger partial charge in [0.25, 0.3) is 0 Å². The Hall–Kier alpha value is -3.67. The molecule has 164 valence electrons. The number of nitrogens with zero attached hydrogens (tertiary/aromatic N) is 5. The Labute approximate surface area is 193 Å². The van der Waals surface area contributed by atoms with Gasteiger partial charge in [0.15, 0.2) is 5.54 Å². The first-order valence-corrected chi connectivity index (χ1v) is 11.6. The molecule has 1 spiro atoms. The molecule has 3 aromatic rings. The quantitative estimate of drug-likeness (QED) is 0.521. The number of carbonyl (C=O) groups is 1. The summed E-state index contributed by atoms with van der Waals surface area (Å²) in [6.45, 7) is 2.05. The predicted molar refractivity (Wildman–Crippen MR) is 126 cm³/mol. The van der Waals surface area contributed by atoms with Gasteiger partial charge in [-0.2, -0.15) is 10.2 Å². The van der Waals surface area contributed by atoms with E-state index in [2.05, 4.69) is 11.9 Å². The zero-order valence-electron chi connectivity index (χ0n) is 18.6. The Morgan fingerprint density at radius 2 is 1.58 bits per heavy atom. The third-order valence-corrected chi connectivity index (χ3v) is 7.34. The Kier molecular flexibility index (Phi) is 4.50. The van der Waals surface area contributed by atoms with Crippen LogP contribution in [0.1, 0.15) is 49.1 Å². The molecule has 6 rings (SSSR count). The summed E-state index contributed by atoms with van der Waals surface area (Å²) < 4.78 is 0. The number of carbonyl (C=O) groups excluding carboxylic acids is 1. The molecular formula is C27H25N5O. The van der Waals surface area contributed by atoms with Crippen LogP contribution in [0.4, 0.5) is 5.69 Å². The summed E-state index contributed by atoms with van der Waals surface area (Å²) in [7, 11) is 0. The summed E-state index contributed by atoms with van der Waals surface area (Å²) in [5.41, 5.74) is 3.25. The van der Waals surface area contributed by atoms with Crippen molar-refractivity contribution in [3.63, 3.8) is 0 Å². The van der Waals surface area contributed by atoms with Crippen LogP contribution in [0.5, 0.6) is 0 Å². The van der Waals surface area contributed by atoms with Gasteiger partial charge in [0.05, 0.1) is 22.5 Å². The molecule has 1 aromatic carbocycles. The molecule has 2 fully saturated rings. The lowest BCUT2D eigenvalue weighted by molar-refractivity contribution is -0.130. The maximum atomic E-state index is 14.5. The number of amides is 1. The van der Waals surface area contributed by atoms with Gasteiger partial charge in [-0.15, -0.1) is 0 Å². The summed E-state index contributed by atoms with van der Waals surface area (Å²) in [6, 6.07) is 19.7. The maximum absolute atomic E-state index is 14.5. The van der Waals surface area contributed by atoms with Crippen molar-refractivity contribution in [2.45, 2.75) is 44.6 Å². The molecule has 0 N–H and O–H groups in total. The van der Waals surface area contributed by atoms with Crippen molar-refractivity contribution in [1.29, 1.82) is 0 Å². The van der Waals surface area contributed by atoms with Crippen LogP contribution in [0, 0.1) is 12.3 Å². The lowest BCUT2D eigenvalue weighted by Crippen LogP contribution is -2.46. The van der Waals surface area contributed by atoms with E-state index in [1.54, 1.807) is 12.4 Å². The monoisotopic (exact) mass is 435 g/mol. The minimum absolute atomic E-state index is 0.0961. The molecule has 6 heteroatoms. The van der Waals surface area contributed by atoms with Gasteiger partial charge < -0.3 is 0 Å². The van der Waals surface area contributed by atoms with E-state index < -0.39 is 11.0 Å². The van der Waals surface area contributed by atoms with Crippen LogP contribution < -0.4 is 4.90 Å². The number of fused-ring (bicyclic) bond motifs is 2. The van der Waals surface area contributed by atoms with Gasteiger partial charge in [0, 0.05) is 18.1 Å². The highest BCUT2D eigenvalue weighted by Crippen LogP contribution is 2.66. The third kappa shape index (κ3) is 2.70. The fourth-order valence-electron chi connectivity index (χ4n) is 5.79. The average Bonchev–Trinajstić information content (AvgIpc) is 3.36. The second kappa shape index (κ2) is 7.44. The Morgan fingerprint density at radius 1 is 0.848 bits per heavy atom. The first-order valence-electron chi connectivity index (χ1n) is 11.6. The highest BCUT2D eigenvalue weighted by atomic mass is 16.2. The molecule has 1 aliphatic carbocycles. The predicted octanol–water partition coefficient (Wildman–Crippen LogP) is 5.81. The first-order chi connectivity index (χ1) is 16.2. The van der Waals surface area contributed by atoms with E-state index in [-0.39, 0.29) is 5.91 Å². The van der Waals surface area contributed by atoms with Gasteiger partial charge in [0.1, 0.15) is 5.70 Å². The lowest BCUT2D eigenvalue weighted by atomic mass is 9.61. The largest absolute Gasteiger partial charge is 0.279 e. The second-order valence-electron chi connectivity index (χ2n) is 9.16. The van der Waals surface area contributed by atoms with Crippen LogP contribution in [0.3, 0.4) is 0 Å². The minimum atomic E-state index is -0.955. The first kappa shape index (κ1) is 20.0. The van der Waals surface area contributed by atoms with Crippen LogP contribution in [-0.4, -0.2) is 15.9 Å². The van der Waals surface area contributed by atoms with Gasteiger partial charge in [-0.25, -0.2) is 0 Å². The second-order valence-corrected chi connectivity index (χ2v) is 9.16. The fraction of sp³-hybridized carbons (Fsp3) is 0.296.